The van der Waals surface area contributed by atoms with Crippen LogP contribution in [0.4, 0.5) is 5.69 Å². The Balaban J connectivity index is 0.00000192. The van der Waals surface area contributed by atoms with E-state index < -0.39 is 0 Å². The van der Waals surface area contributed by atoms with Crippen LogP contribution in [0.2, 0.25) is 5.02 Å². The Morgan fingerprint density at radius 1 is 1.13 bits per heavy atom. The summed E-state index contributed by atoms with van der Waals surface area (Å²) in [4.78, 5) is 12.1. The van der Waals surface area contributed by atoms with Crippen molar-refractivity contribution in [3.05, 3.63) is 64.7 Å². The van der Waals surface area contributed by atoms with E-state index in [9.17, 15) is 4.79 Å². The van der Waals surface area contributed by atoms with Gasteiger partial charge in [0.1, 0.15) is 0 Å². The Morgan fingerprint density at radius 2 is 1.83 bits per heavy atom. The van der Waals surface area contributed by atoms with Gasteiger partial charge >= 0.3 is 0 Å². The molecule has 2 N–H and O–H groups in total. The predicted octanol–water partition coefficient (Wildman–Crippen LogP) is 4.17. The molecule has 0 aliphatic carbocycles. The first-order chi connectivity index (χ1) is 10.7. The number of halogens is 2. The molecule has 1 amide bonds. The lowest BCUT2D eigenvalue weighted by molar-refractivity contribution is 0.102. The number of rotatable bonds is 4. The molecule has 1 unspecified atom stereocenters. The fourth-order valence-electron chi connectivity index (χ4n) is 2.75. The van der Waals surface area contributed by atoms with Gasteiger partial charge in [0, 0.05) is 16.3 Å². The number of carbonyl (C=O) groups is 1. The summed E-state index contributed by atoms with van der Waals surface area (Å²) in [6, 6.07) is 15.0. The summed E-state index contributed by atoms with van der Waals surface area (Å²) < 4.78 is 0. The van der Waals surface area contributed by atoms with E-state index in [0.717, 1.165) is 31.1 Å². The first-order valence-electron chi connectivity index (χ1n) is 7.57. The smallest absolute Gasteiger partial charge is 0.255 e. The maximum atomic E-state index is 12.1. The Morgan fingerprint density at radius 3 is 2.43 bits per heavy atom. The minimum atomic E-state index is -0.121. The van der Waals surface area contributed by atoms with Gasteiger partial charge in [0.2, 0.25) is 0 Å². The van der Waals surface area contributed by atoms with E-state index in [0.29, 0.717) is 10.6 Å². The molecule has 122 valence electrons. The molecule has 23 heavy (non-hydrogen) atoms. The molecule has 1 fully saturated rings. The van der Waals surface area contributed by atoms with Gasteiger partial charge in [-0.3, -0.25) is 4.79 Å². The second kappa shape index (κ2) is 8.34. The quantitative estimate of drug-likeness (QED) is 0.868. The third-order valence-corrected chi connectivity index (χ3v) is 4.26. The Labute approximate surface area is 147 Å². The Bertz CT molecular complexity index is 635. The van der Waals surface area contributed by atoms with E-state index in [1.807, 2.05) is 12.1 Å². The van der Waals surface area contributed by atoms with Crippen LogP contribution < -0.4 is 10.6 Å². The fraction of sp³-hybridized carbons (Fsp3) is 0.278. The number of anilines is 1. The first kappa shape index (κ1) is 17.8. The lowest BCUT2D eigenvalue weighted by atomic mass is 9.98. The number of amides is 1. The molecule has 3 rings (SSSR count). The molecule has 0 spiro atoms. The lowest BCUT2D eigenvalue weighted by Crippen LogP contribution is -2.12. The van der Waals surface area contributed by atoms with E-state index in [1.54, 1.807) is 24.3 Å². The zero-order chi connectivity index (χ0) is 15.4. The molecule has 0 saturated carbocycles. The minimum Gasteiger partial charge on any atom is -0.322 e. The van der Waals surface area contributed by atoms with Gasteiger partial charge in [-0.15, -0.1) is 12.4 Å². The highest BCUT2D eigenvalue weighted by atomic mass is 35.5. The van der Waals surface area contributed by atoms with Crippen molar-refractivity contribution in [2.75, 3.05) is 18.4 Å². The molecular formula is C18H20Cl2N2O. The van der Waals surface area contributed by atoms with Gasteiger partial charge in [0.15, 0.2) is 0 Å². The van der Waals surface area contributed by atoms with Crippen molar-refractivity contribution >= 4 is 35.6 Å². The van der Waals surface area contributed by atoms with E-state index in [1.165, 1.54) is 12.0 Å². The van der Waals surface area contributed by atoms with Gasteiger partial charge in [-0.25, -0.2) is 0 Å². The van der Waals surface area contributed by atoms with Gasteiger partial charge in [-0.1, -0.05) is 23.7 Å². The molecular weight excluding hydrogens is 331 g/mol. The van der Waals surface area contributed by atoms with Crippen LogP contribution in [-0.2, 0) is 6.42 Å². The van der Waals surface area contributed by atoms with E-state index in [-0.39, 0.29) is 18.3 Å². The average Bonchev–Trinajstić information content (AvgIpc) is 3.03. The van der Waals surface area contributed by atoms with Crippen LogP contribution in [0.3, 0.4) is 0 Å². The van der Waals surface area contributed by atoms with Crippen LogP contribution in [0.5, 0.6) is 0 Å². The Hall–Kier alpha value is -1.55. The van der Waals surface area contributed by atoms with Crippen LogP contribution in [0, 0.1) is 5.92 Å². The molecule has 1 aliphatic heterocycles. The van der Waals surface area contributed by atoms with Gasteiger partial charge < -0.3 is 10.6 Å². The maximum absolute atomic E-state index is 12.1. The predicted molar refractivity (Wildman–Crippen MR) is 97.8 cm³/mol. The summed E-state index contributed by atoms with van der Waals surface area (Å²) in [7, 11) is 0. The normalized spacial score (nSPS) is 16.7. The van der Waals surface area contributed by atoms with Crippen LogP contribution in [-0.4, -0.2) is 19.0 Å². The summed E-state index contributed by atoms with van der Waals surface area (Å²) in [5, 5.41) is 6.92. The van der Waals surface area contributed by atoms with E-state index in [4.69, 9.17) is 11.6 Å². The van der Waals surface area contributed by atoms with Gasteiger partial charge in [-0.05, 0) is 73.8 Å². The molecule has 1 saturated heterocycles. The lowest BCUT2D eigenvalue weighted by Gasteiger charge is -2.10. The van der Waals surface area contributed by atoms with Crippen LogP contribution in [0.25, 0.3) is 0 Å². The van der Waals surface area contributed by atoms with Crippen molar-refractivity contribution in [3.8, 4) is 0 Å². The second-order valence-corrected chi connectivity index (χ2v) is 6.16. The highest BCUT2D eigenvalue weighted by Crippen LogP contribution is 2.18. The third-order valence-electron chi connectivity index (χ3n) is 4.00. The van der Waals surface area contributed by atoms with Gasteiger partial charge in [0.05, 0.1) is 0 Å². The number of carbonyl (C=O) groups excluding carboxylic acids is 1. The van der Waals surface area contributed by atoms with Crippen LogP contribution >= 0.6 is 24.0 Å². The van der Waals surface area contributed by atoms with Gasteiger partial charge in [0.25, 0.3) is 5.91 Å². The molecule has 1 atom stereocenters. The van der Waals surface area contributed by atoms with E-state index in [2.05, 4.69) is 22.8 Å². The maximum Gasteiger partial charge on any atom is 0.255 e. The van der Waals surface area contributed by atoms with Crippen molar-refractivity contribution < 1.29 is 4.79 Å². The topological polar surface area (TPSA) is 41.1 Å². The molecule has 3 nitrogen and oxygen atoms in total. The summed E-state index contributed by atoms with van der Waals surface area (Å²) >= 11 is 5.83. The summed E-state index contributed by atoms with van der Waals surface area (Å²) in [5.41, 5.74) is 2.73. The standard InChI is InChI=1S/C18H19ClN2O.ClH/c19-16-5-3-15(4-6-16)18(22)21-17-7-1-13(2-8-17)11-14-9-10-20-12-14;/h1-8,14,20H,9-12H2,(H,21,22);1H. The molecule has 0 aromatic heterocycles. The van der Waals surface area contributed by atoms with E-state index >= 15 is 0 Å². The molecule has 2 aromatic rings. The van der Waals surface area contributed by atoms with Crippen molar-refractivity contribution in [1.82, 2.24) is 5.32 Å². The molecule has 2 aromatic carbocycles. The number of hydrogen-bond donors (Lipinski definition) is 2. The average molecular weight is 351 g/mol. The molecule has 0 bridgehead atoms. The molecule has 0 radical (unpaired) electrons. The zero-order valence-electron chi connectivity index (χ0n) is 12.7. The number of hydrogen-bond acceptors (Lipinski definition) is 2. The minimum absolute atomic E-state index is 0. The largest absolute Gasteiger partial charge is 0.322 e. The molecule has 1 heterocycles. The third kappa shape index (κ3) is 4.96. The second-order valence-electron chi connectivity index (χ2n) is 5.72. The van der Waals surface area contributed by atoms with Crippen molar-refractivity contribution in [2.45, 2.75) is 12.8 Å². The summed E-state index contributed by atoms with van der Waals surface area (Å²) in [6.45, 7) is 2.23. The van der Waals surface area contributed by atoms with Crippen molar-refractivity contribution in [3.63, 3.8) is 0 Å². The summed E-state index contributed by atoms with van der Waals surface area (Å²) in [6.07, 6.45) is 2.34. The zero-order valence-corrected chi connectivity index (χ0v) is 14.3. The Kier molecular flexibility index (Phi) is 6.46. The number of benzene rings is 2. The SMILES string of the molecule is Cl.O=C(Nc1ccc(CC2CCNC2)cc1)c1ccc(Cl)cc1. The van der Waals surface area contributed by atoms with Crippen molar-refractivity contribution in [2.24, 2.45) is 5.92 Å². The van der Waals surface area contributed by atoms with Crippen molar-refractivity contribution in [1.29, 1.82) is 0 Å². The molecule has 1 aliphatic rings. The van der Waals surface area contributed by atoms with Gasteiger partial charge in [-0.2, -0.15) is 0 Å². The first-order valence-corrected chi connectivity index (χ1v) is 7.95. The van der Waals surface area contributed by atoms with Crippen LogP contribution in [0.15, 0.2) is 48.5 Å². The summed E-state index contributed by atoms with van der Waals surface area (Å²) in [5.74, 6) is 0.610. The highest BCUT2D eigenvalue weighted by Gasteiger charge is 2.14. The monoisotopic (exact) mass is 350 g/mol. The molecule has 5 heteroatoms. The number of nitrogens with one attached hydrogen (secondary N) is 2. The van der Waals surface area contributed by atoms with Crippen LogP contribution in [0.1, 0.15) is 22.3 Å². The fourth-order valence-corrected chi connectivity index (χ4v) is 2.88. The highest BCUT2D eigenvalue weighted by molar-refractivity contribution is 6.30.